The van der Waals surface area contributed by atoms with E-state index in [-0.39, 0.29) is 35.6 Å². The van der Waals surface area contributed by atoms with E-state index in [0.29, 0.717) is 50.9 Å². The molecule has 1 saturated heterocycles. The van der Waals surface area contributed by atoms with Crippen molar-refractivity contribution in [3.05, 3.63) is 65.8 Å². The Morgan fingerprint density at radius 2 is 1.62 bits per heavy atom. The number of ketones is 1. The van der Waals surface area contributed by atoms with Crippen LogP contribution in [0.4, 0.5) is 13.2 Å². The molecule has 1 fully saturated rings. The number of amides is 4. The first-order valence-electron chi connectivity index (χ1n) is 17.3. The Balaban J connectivity index is 1.30. The molecule has 4 amide bonds. The first-order valence-corrected chi connectivity index (χ1v) is 17.3. The SMILES string of the molecule is CC(C)C(NC(=O)C1CCCN1C(=O)C(NC(=O)CCCCCNC(=O)c1ccccn1)C(C)C)C(=O)c1nnc(-c2ccc(C(F)(F)F)cc2)o1. The summed E-state index contributed by atoms with van der Waals surface area (Å²) in [4.78, 5) is 71.2. The zero-order chi connectivity index (χ0) is 38.0. The van der Waals surface area contributed by atoms with Crippen molar-refractivity contribution in [2.45, 2.75) is 90.5 Å². The van der Waals surface area contributed by atoms with Gasteiger partial charge in [-0.25, -0.2) is 0 Å². The van der Waals surface area contributed by atoms with Gasteiger partial charge in [0.2, 0.25) is 29.4 Å². The van der Waals surface area contributed by atoms with Gasteiger partial charge in [-0.1, -0.05) is 40.2 Å². The highest BCUT2D eigenvalue weighted by molar-refractivity contribution is 6.00. The second kappa shape index (κ2) is 17.9. The smallest absolute Gasteiger partial charge is 0.414 e. The lowest BCUT2D eigenvalue weighted by atomic mass is 9.98. The van der Waals surface area contributed by atoms with Crippen LogP contribution in [0.2, 0.25) is 0 Å². The maximum atomic E-state index is 13.7. The van der Waals surface area contributed by atoms with Crippen LogP contribution in [0.15, 0.2) is 53.1 Å². The Hall–Kier alpha value is -5.15. The number of Topliss-reactive ketones (excluding diaryl/α,β-unsaturated/α-hetero) is 1. The first kappa shape index (κ1) is 39.6. The molecule has 1 aromatic carbocycles. The molecule has 3 atom stereocenters. The number of benzene rings is 1. The number of likely N-dealkylation sites (tertiary alicyclic amines) is 1. The number of pyridine rings is 1. The Morgan fingerprint density at radius 3 is 2.25 bits per heavy atom. The Morgan fingerprint density at radius 1 is 0.904 bits per heavy atom. The van der Waals surface area contributed by atoms with E-state index in [9.17, 15) is 37.1 Å². The zero-order valence-corrected chi connectivity index (χ0v) is 29.5. The molecule has 3 unspecified atom stereocenters. The number of carbonyl (C=O) groups is 5. The van der Waals surface area contributed by atoms with E-state index in [0.717, 1.165) is 24.3 Å². The average Bonchev–Trinajstić information content (AvgIpc) is 3.81. The van der Waals surface area contributed by atoms with Crippen LogP contribution in [-0.4, -0.2) is 80.7 Å². The summed E-state index contributed by atoms with van der Waals surface area (Å²) in [6, 6.07) is 6.25. The Bertz CT molecular complexity index is 1700. The number of nitrogens with zero attached hydrogens (tertiary/aromatic N) is 4. The van der Waals surface area contributed by atoms with Gasteiger partial charge < -0.3 is 25.3 Å². The van der Waals surface area contributed by atoms with E-state index < -0.39 is 59.3 Å². The summed E-state index contributed by atoms with van der Waals surface area (Å²) in [6.45, 7) is 7.74. The van der Waals surface area contributed by atoms with Crippen LogP contribution in [0.1, 0.15) is 93.0 Å². The molecule has 2 aromatic heterocycles. The summed E-state index contributed by atoms with van der Waals surface area (Å²) in [7, 11) is 0. The highest BCUT2D eigenvalue weighted by Gasteiger charge is 2.40. The van der Waals surface area contributed by atoms with E-state index >= 15 is 0 Å². The summed E-state index contributed by atoms with van der Waals surface area (Å²) in [6.07, 6.45) is -0.00870. The zero-order valence-electron chi connectivity index (χ0n) is 29.5. The first-order chi connectivity index (χ1) is 24.7. The third kappa shape index (κ3) is 10.4. The third-order valence-corrected chi connectivity index (χ3v) is 8.69. The molecule has 0 aliphatic carbocycles. The molecule has 3 heterocycles. The van der Waals surface area contributed by atoms with E-state index in [4.69, 9.17) is 4.42 Å². The van der Waals surface area contributed by atoms with Gasteiger partial charge in [-0.15, -0.1) is 10.2 Å². The Kier molecular flexibility index (Phi) is 13.6. The van der Waals surface area contributed by atoms with Crippen LogP contribution >= 0.6 is 0 Å². The van der Waals surface area contributed by atoms with Crippen molar-refractivity contribution in [3.63, 3.8) is 0 Å². The highest BCUT2D eigenvalue weighted by Crippen LogP contribution is 2.31. The van der Waals surface area contributed by atoms with Crippen molar-refractivity contribution in [3.8, 4) is 11.5 Å². The van der Waals surface area contributed by atoms with Crippen molar-refractivity contribution in [2.24, 2.45) is 11.8 Å². The summed E-state index contributed by atoms with van der Waals surface area (Å²) < 4.78 is 44.4. The summed E-state index contributed by atoms with van der Waals surface area (Å²) in [5, 5.41) is 15.9. The van der Waals surface area contributed by atoms with Crippen molar-refractivity contribution in [1.82, 2.24) is 36.0 Å². The number of nitrogens with one attached hydrogen (secondary N) is 3. The predicted octanol–water partition coefficient (Wildman–Crippen LogP) is 4.60. The molecule has 1 aliphatic heterocycles. The van der Waals surface area contributed by atoms with Gasteiger partial charge in [-0.2, -0.15) is 13.2 Å². The summed E-state index contributed by atoms with van der Waals surface area (Å²) >= 11 is 0. The molecule has 3 aromatic rings. The highest BCUT2D eigenvalue weighted by atomic mass is 19.4. The normalized spacial score (nSPS) is 15.7. The topological polar surface area (TPSA) is 176 Å². The van der Waals surface area contributed by atoms with Crippen molar-refractivity contribution >= 4 is 29.4 Å². The molecule has 0 bridgehead atoms. The van der Waals surface area contributed by atoms with E-state index in [1.165, 1.54) is 4.90 Å². The van der Waals surface area contributed by atoms with E-state index in [1.807, 2.05) is 0 Å². The van der Waals surface area contributed by atoms with Gasteiger partial charge in [0.05, 0.1) is 11.6 Å². The number of alkyl halides is 3. The molecule has 16 heteroatoms. The van der Waals surface area contributed by atoms with Crippen molar-refractivity contribution in [1.29, 1.82) is 0 Å². The number of halogens is 3. The van der Waals surface area contributed by atoms with Gasteiger partial charge >= 0.3 is 6.18 Å². The predicted molar refractivity (Wildman–Crippen MR) is 182 cm³/mol. The van der Waals surface area contributed by atoms with Gasteiger partial charge in [0.25, 0.3) is 11.8 Å². The summed E-state index contributed by atoms with van der Waals surface area (Å²) in [5.41, 5.74) is -0.347. The largest absolute Gasteiger partial charge is 0.416 e. The second-order valence-electron chi connectivity index (χ2n) is 13.3. The molecule has 52 heavy (non-hydrogen) atoms. The van der Waals surface area contributed by atoms with E-state index in [2.05, 4.69) is 31.1 Å². The van der Waals surface area contributed by atoms with Crippen LogP contribution in [0, 0.1) is 11.8 Å². The lowest BCUT2D eigenvalue weighted by Crippen LogP contribution is -2.57. The molecule has 1 aliphatic rings. The maximum Gasteiger partial charge on any atom is 0.416 e. The number of hydrogen-bond donors (Lipinski definition) is 3. The Labute approximate surface area is 299 Å². The van der Waals surface area contributed by atoms with Crippen LogP contribution in [0.3, 0.4) is 0 Å². The fraction of sp³-hybridized carbons (Fsp3) is 0.500. The number of unbranched alkanes of at least 4 members (excludes halogenated alkanes) is 2. The fourth-order valence-electron chi connectivity index (χ4n) is 5.78. The lowest BCUT2D eigenvalue weighted by molar-refractivity contribution is -0.142. The van der Waals surface area contributed by atoms with Crippen molar-refractivity contribution < 1.29 is 41.6 Å². The van der Waals surface area contributed by atoms with Crippen LogP contribution < -0.4 is 16.0 Å². The number of carbonyl (C=O) groups excluding carboxylic acids is 5. The minimum Gasteiger partial charge on any atom is -0.414 e. The van der Waals surface area contributed by atoms with Crippen LogP contribution in [0.5, 0.6) is 0 Å². The summed E-state index contributed by atoms with van der Waals surface area (Å²) in [5.74, 6) is -3.49. The molecule has 3 N–H and O–H groups in total. The maximum absolute atomic E-state index is 13.7. The van der Waals surface area contributed by atoms with Gasteiger partial charge in [0.15, 0.2) is 0 Å². The molecular formula is C36H44F3N7O6. The molecule has 0 radical (unpaired) electrons. The number of hydrogen-bond acceptors (Lipinski definition) is 9. The molecule has 4 rings (SSSR count). The quantitative estimate of drug-likeness (QED) is 0.141. The number of rotatable bonds is 16. The minimum absolute atomic E-state index is 0.162. The molecule has 0 saturated carbocycles. The molecule has 13 nitrogen and oxygen atoms in total. The van der Waals surface area contributed by atoms with E-state index in [1.54, 1.807) is 52.1 Å². The van der Waals surface area contributed by atoms with Crippen LogP contribution in [0.25, 0.3) is 11.5 Å². The average molecular weight is 728 g/mol. The van der Waals surface area contributed by atoms with Crippen molar-refractivity contribution in [2.75, 3.05) is 13.1 Å². The van der Waals surface area contributed by atoms with Gasteiger partial charge in [-0.3, -0.25) is 29.0 Å². The minimum atomic E-state index is -4.52. The molecular weight excluding hydrogens is 683 g/mol. The third-order valence-electron chi connectivity index (χ3n) is 8.69. The van der Waals surface area contributed by atoms with Crippen LogP contribution in [-0.2, 0) is 20.6 Å². The fourth-order valence-corrected chi connectivity index (χ4v) is 5.78. The van der Waals surface area contributed by atoms with Gasteiger partial charge in [0, 0.05) is 31.3 Å². The standard InChI is InChI=1S/C36H44F3N7O6/c1-21(2)28(30(48)34-45-44-33(52-34)23-14-16-24(17-15-23)36(37,38)39)43-32(50)26-12-10-20-46(26)35(51)29(22(3)4)42-27(47)13-6-5-8-19-41-31(49)25-11-7-9-18-40-25/h7,9,11,14-18,21-22,26,28-29H,5-6,8,10,12-13,19-20H2,1-4H3,(H,41,49)(H,42,47)(H,43,50). The number of aromatic nitrogens is 3. The molecule has 280 valence electrons. The second-order valence-corrected chi connectivity index (χ2v) is 13.3. The lowest BCUT2D eigenvalue weighted by Gasteiger charge is -2.31. The van der Waals surface area contributed by atoms with Gasteiger partial charge in [0.1, 0.15) is 17.8 Å². The molecule has 0 spiro atoms. The van der Waals surface area contributed by atoms with Gasteiger partial charge in [-0.05, 0) is 73.9 Å². The monoisotopic (exact) mass is 727 g/mol.